The zero-order valence-electron chi connectivity index (χ0n) is 27.6. The molecule has 0 amide bonds. The van der Waals surface area contributed by atoms with Gasteiger partial charge in [0.2, 0.25) is 17.8 Å². The molecule has 0 aromatic heterocycles. The predicted molar refractivity (Wildman–Crippen MR) is 178 cm³/mol. The number of esters is 4. The van der Waals surface area contributed by atoms with Crippen molar-refractivity contribution in [1.82, 2.24) is 0 Å². The van der Waals surface area contributed by atoms with E-state index >= 15 is 0 Å². The van der Waals surface area contributed by atoms with Crippen LogP contribution in [0.25, 0.3) is 17.2 Å². The van der Waals surface area contributed by atoms with Gasteiger partial charge < -0.3 is 74.7 Å². The minimum absolute atomic E-state index is 0.519. The molecule has 4 aromatic carbocycles. The highest BCUT2D eigenvalue weighted by molar-refractivity contribution is 6.08. The van der Waals surface area contributed by atoms with Gasteiger partial charge >= 0.3 is 23.9 Å². The van der Waals surface area contributed by atoms with E-state index < -0.39 is 141 Å². The zero-order chi connectivity index (χ0) is 39.9. The molecule has 19 nitrogen and oxygen atoms in total. The number of phenols is 9. The summed E-state index contributed by atoms with van der Waals surface area (Å²) in [5, 5.41) is 104. The fraction of sp³-hybridized carbons (Fsp3) is 0.167. The van der Waals surface area contributed by atoms with Crippen molar-refractivity contribution in [2.75, 3.05) is 6.61 Å². The smallest absolute Gasteiger partial charge is 0.339 e. The highest BCUT2D eigenvalue weighted by Crippen LogP contribution is 2.53. The third kappa shape index (κ3) is 7.06. The number of rotatable bonds is 5. The molecule has 19 heteroatoms. The number of hydrogen-bond acceptors (Lipinski definition) is 19. The van der Waals surface area contributed by atoms with Crippen LogP contribution < -0.4 is 0 Å². The molecular weight excluding hydrogens is 736 g/mol. The van der Waals surface area contributed by atoms with Crippen LogP contribution in [0.1, 0.15) is 36.6 Å². The lowest BCUT2D eigenvalue weighted by atomic mass is 9.92. The Morgan fingerprint density at radius 3 is 1.82 bits per heavy atom. The summed E-state index contributed by atoms with van der Waals surface area (Å²) in [5.41, 5.74) is -3.68. The van der Waals surface area contributed by atoms with Gasteiger partial charge in [0.25, 0.3) is 0 Å². The van der Waals surface area contributed by atoms with Crippen molar-refractivity contribution >= 4 is 30.0 Å². The first-order chi connectivity index (χ1) is 26.1. The maximum absolute atomic E-state index is 14.0. The lowest BCUT2D eigenvalue weighted by Crippen LogP contribution is -2.62. The maximum atomic E-state index is 14.0. The quantitative estimate of drug-likeness (QED) is 0.0601. The third-order valence-electron chi connectivity index (χ3n) is 8.43. The molecule has 2 aliphatic rings. The van der Waals surface area contributed by atoms with Gasteiger partial charge in [-0.25, -0.2) is 19.2 Å². The molecule has 0 unspecified atom stereocenters. The minimum Gasteiger partial charge on any atom is -0.504 e. The Bertz CT molecular complexity index is 2220. The van der Waals surface area contributed by atoms with Crippen molar-refractivity contribution in [2.45, 2.75) is 30.7 Å². The number of phenolic OH excluding ortho intramolecular Hbond substituents is 9. The summed E-state index contributed by atoms with van der Waals surface area (Å²) in [4.78, 5) is 53.8. The van der Waals surface area contributed by atoms with E-state index in [1.165, 1.54) is 6.08 Å². The molecule has 0 bridgehead atoms. The molecule has 5 atom stereocenters. The standard InChI is InChI=1S/C36H28O19/c37-17-8-14(9-18(38)25(17)42)33(48)55-32-30(47)36(53-22(41)7-6-13-4-2-1-3-5-13)52-21-12-51-34(49)15-10-19(39)26(43)28(45)23(15)24-16(35(50)54-31(21)32)11-20(40)27(44)29(24)46/h1-11,21,30-32,36-40,42-47H,12H2/t21-,30-,31+,32+,36+/m1/s1. The first-order valence-corrected chi connectivity index (χ1v) is 15.7. The number of fused-ring (bicyclic) bond motifs is 4. The van der Waals surface area contributed by atoms with Crippen LogP contribution in [0, 0.1) is 0 Å². The van der Waals surface area contributed by atoms with Crippen molar-refractivity contribution in [2.24, 2.45) is 0 Å². The number of aliphatic hydroxyl groups excluding tert-OH is 1. The van der Waals surface area contributed by atoms with E-state index in [2.05, 4.69) is 0 Å². The summed E-state index contributed by atoms with van der Waals surface area (Å²) in [6, 6.07) is 10.8. The van der Waals surface area contributed by atoms with Crippen LogP contribution >= 0.6 is 0 Å². The first-order valence-electron chi connectivity index (χ1n) is 15.7. The molecular formula is C36H28O19. The van der Waals surface area contributed by atoms with E-state index in [4.69, 9.17) is 23.7 Å². The molecule has 1 fully saturated rings. The van der Waals surface area contributed by atoms with E-state index in [0.29, 0.717) is 29.8 Å². The van der Waals surface area contributed by atoms with E-state index in [1.807, 2.05) is 0 Å². The van der Waals surface area contributed by atoms with Crippen molar-refractivity contribution in [3.05, 3.63) is 82.9 Å². The second-order valence-corrected chi connectivity index (χ2v) is 11.9. The lowest BCUT2D eigenvalue weighted by molar-refractivity contribution is -0.289. The van der Waals surface area contributed by atoms with Gasteiger partial charge in [-0.15, -0.1) is 0 Å². The zero-order valence-corrected chi connectivity index (χ0v) is 27.6. The van der Waals surface area contributed by atoms with Gasteiger partial charge in [-0.1, -0.05) is 30.3 Å². The molecule has 0 aliphatic carbocycles. The summed E-state index contributed by atoms with van der Waals surface area (Å²) >= 11 is 0. The fourth-order valence-corrected chi connectivity index (χ4v) is 5.74. The Morgan fingerprint density at radius 1 is 0.691 bits per heavy atom. The van der Waals surface area contributed by atoms with Gasteiger partial charge in [-0.3, -0.25) is 0 Å². The summed E-state index contributed by atoms with van der Waals surface area (Å²) in [6.07, 6.45) is -8.09. The molecule has 4 aromatic rings. The van der Waals surface area contributed by atoms with Gasteiger partial charge in [0.05, 0.1) is 16.7 Å². The first kappa shape index (κ1) is 37.4. The summed E-state index contributed by atoms with van der Waals surface area (Å²) < 4.78 is 27.3. The molecule has 2 heterocycles. The number of aliphatic hydroxyl groups is 1. The van der Waals surface area contributed by atoms with Gasteiger partial charge in [-0.05, 0) is 35.9 Å². The Labute approximate surface area is 306 Å². The number of hydrogen-bond donors (Lipinski definition) is 10. The van der Waals surface area contributed by atoms with Crippen LogP contribution in [0.3, 0.4) is 0 Å². The van der Waals surface area contributed by atoms with Crippen LogP contribution in [0.2, 0.25) is 0 Å². The molecule has 286 valence electrons. The topological polar surface area (TPSA) is 317 Å². The second kappa shape index (κ2) is 14.6. The second-order valence-electron chi connectivity index (χ2n) is 11.9. The van der Waals surface area contributed by atoms with Crippen molar-refractivity contribution in [3.63, 3.8) is 0 Å². The number of cyclic esters (lactones) is 1. The van der Waals surface area contributed by atoms with Crippen molar-refractivity contribution in [3.8, 4) is 62.9 Å². The SMILES string of the molecule is O=C(C=Cc1ccccc1)O[C@@H]1O[C@@H]2COC(=O)c3cc(O)c(O)c(O)c3-c3c(cc(O)c(O)c3O)C(=O)O[C@@H]2[C@@H](OC(=O)c2cc(O)c(O)c(O)c2)[C@H]1O. The van der Waals surface area contributed by atoms with Gasteiger partial charge in [0, 0.05) is 17.2 Å². The van der Waals surface area contributed by atoms with Gasteiger partial charge in [0.1, 0.15) is 12.7 Å². The summed E-state index contributed by atoms with van der Waals surface area (Å²) in [7, 11) is 0. The molecule has 0 saturated carbocycles. The van der Waals surface area contributed by atoms with E-state index in [9.17, 15) is 70.2 Å². The molecule has 0 radical (unpaired) electrons. The fourth-order valence-electron chi connectivity index (χ4n) is 5.74. The Balaban J connectivity index is 1.46. The lowest BCUT2D eigenvalue weighted by Gasteiger charge is -2.42. The van der Waals surface area contributed by atoms with Crippen molar-refractivity contribution in [1.29, 1.82) is 0 Å². The highest BCUT2D eigenvalue weighted by Gasteiger charge is 2.52. The Kier molecular flexibility index (Phi) is 9.90. The molecule has 10 N–H and O–H groups in total. The number of carbonyl (C=O) groups excluding carboxylic acids is 4. The number of aromatic hydroxyl groups is 9. The number of carbonyl (C=O) groups is 4. The number of ether oxygens (including phenoxy) is 5. The van der Waals surface area contributed by atoms with Crippen LogP contribution in [-0.2, 0) is 28.5 Å². The molecule has 1 saturated heterocycles. The normalized spacial score (nSPS) is 20.9. The minimum atomic E-state index is -2.25. The van der Waals surface area contributed by atoms with Crippen LogP contribution in [0.4, 0.5) is 0 Å². The maximum Gasteiger partial charge on any atom is 0.339 e. The van der Waals surface area contributed by atoms with Gasteiger partial charge in [0.15, 0.2) is 58.6 Å². The van der Waals surface area contributed by atoms with Crippen LogP contribution in [-0.4, -0.2) is 112 Å². The summed E-state index contributed by atoms with van der Waals surface area (Å²) in [6.45, 7) is -1.01. The highest BCUT2D eigenvalue weighted by atomic mass is 16.7. The van der Waals surface area contributed by atoms with Crippen molar-refractivity contribution < 1.29 is 93.9 Å². The van der Waals surface area contributed by atoms with Crippen LogP contribution in [0.15, 0.2) is 60.7 Å². The Morgan fingerprint density at radius 2 is 1.24 bits per heavy atom. The van der Waals surface area contributed by atoms with E-state index in [-0.39, 0.29) is 0 Å². The van der Waals surface area contributed by atoms with E-state index in [0.717, 1.165) is 6.08 Å². The predicted octanol–water partition coefficient (Wildman–Crippen LogP) is 1.97. The molecule has 6 rings (SSSR count). The average Bonchev–Trinajstić information content (AvgIpc) is 3.17. The monoisotopic (exact) mass is 764 g/mol. The summed E-state index contributed by atoms with van der Waals surface area (Å²) in [5.74, 6) is -16.0. The largest absolute Gasteiger partial charge is 0.504 e. The number of benzene rings is 4. The van der Waals surface area contributed by atoms with Crippen LogP contribution in [0.5, 0.6) is 51.7 Å². The Hall–Kier alpha value is -7.38. The molecule has 55 heavy (non-hydrogen) atoms. The third-order valence-corrected chi connectivity index (χ3v) is 8.43. The van der Waals surface area contributed by atoms with Gasteiger partial charge in [-0.2, -0.15) is 0 Å². The average molecular weight is 765 g/mol. The van der Waals surface area contributed by atoms with E-state index in [1.54, 1.807) is 30.3 Å². The molecule has 0 spiro atoms. The molecule has 2 aliphatic heterocycles.